The zero-order chi connectivity index (χ0) is 22.9. The largest absolute Gasteiger partial charge is 0.480 e. The van der Waals surface area contributed by atoms with Crippen molar-refractivity contribution in [2.45, 2.75) is 57.5 Å². The maximum atomic E-state index is 12.3. The highest BCUT2D eigenvalue weighted by Gasteiger charge is 2.37. The van der Waals surface area contributed by atoms with Crippen LogP contribution in [0.25, 0.3) is 0 Å². The molecule has 0 aromatic heterocycles. The molecule has 4 atom stereocenters. The van der Waals surface area contributed by atoms with Crippen molar-refractivity contribution >= 4 is 29.8 Å². The summed E-state index contributed by atoms with van der Waals surface area (Å²) in [6.45, 7) is 5.07. The number of esters is 1. The molecule has 3 amide bonds. The SMILES string of the molecule is COC(=O)[C@@H](O)[C@H](NC(=O)[C@@H](C)NC(=O)OC(C)(C)C)C(=O)N[C@@H](CO)C(=O)O. The molecule has 0 aliphatic rings. The van der Waals surface area contributed by atoms with Gasteiger partial charge in [0.2, 0.25) is 11.8 Å². The van der Waals surface area contributed by atoms with Gasteiger partial charge in [0.25, 0.3) is 0 Å². The number of methoxy groups -OCH3 is 1. The number of aliphatic carboxylic acids is 1. The van der Waals surface area contributed by atoms with Crippen molar-refractivity contribution in [1.82, 2.24) is 16.0 Å². The van der Waals surface area contributed by atoms with Gasteiger partial charge in [0, 0.05) is 0 Å². The molecule has 0 aliphatic heterocycles. The molecule has 0 saturated heterocycles. The molecule has 6 N–H and O–H groups in total. The number of rotatable bonds is 9. The number of ether oxygens (including phenoxy) is 2. The Hall–Kier alpha value is -2.93. The van der Waals surface area contributed by atoms with Gasteiger partial charge in [-0.3, -0.25) is 9.59 Å². The molecule has 29 heavy (non-hydrogen) atoms. The Morgan fingerprint density at radius 1 is 1.00 bits per heavy atom. The molecular formula is C16H27N3O10. The Labute approximate surface area is 166 Å². The van der Waals surface area contributed by atoms with Crippen LogP contribution in [0.1, 0.15) is 27.7 Å². The number of alkyl carbamates (subject to hydrolysis) is 1. The fraction of sp³-hybridized carbons (Fsp3) is 0.688. The summed E-state index contributed by atoms with van der Waals surface area (Å²) >= 11 is 0. The molecule has 13 nitrogen and oxygen atoms in total. The summed E-state index contributed by atoms with van der Waals surface area (Å²) in [7, 11) is 0.919. The molecule has 0 rings (SSSR count). The molecule has 0 heterocycles. The van der Waals surface area contributed by atoms with Crippen LogP contribution in [0.4, 0.5) is 4.79 Å². The molecule has 0 saturated carbocycles. The number of nitrogens with one attached hydrogen (secondary N) is 3. The minimum Gasteiger partial charge on any atom is -0.480 e. The van der Waals surface area contributed by atoms with E-state index in [1.54, 1.807) is 20.8 Å². The van der Waals surface area contributed by atoms with E-state index < -0.39 is 66.3 Å². The zero-order valence-electron chi connectivity index (χ0n) is 16.7. The molecule has 0 aromatic rings. The summed E-state index contributed by atoms with van der Waals surface area (Å²) in [5.74, 6) is -5.13. The summed E-state index contributed by atoms with van der Waals surface area (Å²) in [5, 5.41) is 33.9. The van der Waals surface area contributed by atoms with Crippen LogP contribution in [0.15, 0.2) is 0 Å². The predicted molar refractivity (Wildman–Crippen MR) is 95.4 cm³/mol. The van der Waals surface area contributed by atoms with Crippen molar-refractivity contribution in [2.24, 2.45) is 0 Å². The number of amides is 3. The van der Waals surface area contributed by atoms with Crippen LogP contribution in [0.2, 0.25) is 0 Å². The van der Waals surface area contributed by atoms with Gasteiger partial charge in [-0.15, -0.1) is 0 Å². The number of carbonyl (C=O) groups is 5. The third kappa shape index (κ3) is 9.21. The first-order valence-electron chi connectivity index (χ1n) is 8.43. The van der Waals surface area contributed by atoms with Crippen LogP contribution in [0, 0.1) is 0 Å². The maximum Gasteiger partial charge on any atom is 0.408 e. The van der Waals surface area contributed by atoms with Crippen LogP contribution in [-0.2, 0) is 28.7 Å². The molecular weight excluding hydrogens is 394 g/mol. The zero-order valence-corrected chi connectivity index (χ0v) is 16.7. The van der Waals surface area contributed by atoms with Crippen molar-refractivity contribution in [1.29, 1.82) is 0 Å². The Morgan fingerprint density at radius 2 is 1.55 bits per heavy atom. The second-order valence-corrected chi connectivity index (χ2v) is 6.90. The Balaban J connectivity index is 5.31. The molecule has 0 bridgehead atoms. The predicted octanol–water partition coefficient (Wildman–Crippen LogP) is -2.52. The van der Waals surface area contributed by atoms with Crippen LogP contribution in [-0.4, -0.2) is 88.7 Å². The molecule has 0 radical (unpaired) electrons. The van der Waals surface area contributed by atoms with Crippen LogP contribution >= 0.6 is 0 Å². The third-order valence-corrected chi connectivity index (χ3v) is 3.26. The average Bonchev–Trinajstić information content (AvgIpc) is 2.60. The summed E-state index contributed by atoms with van der Waals surface area (Å²) in [4.78, 5) is 58.8. The Kier molecular flexibility index (Phi) is 10.0. The lowest BCUT2D eigenvalue weighted by molar-refractivity contribution is -0.155. The summed E-state index contributed by atoms with van der Waals surface area (Å²) in [6.07, 6.45) is -3.12. The molecule has 0 spiro atoms. The number of hydrogen-bond donors (Lipinski definition) is 6. The fourth-order valence-electron chi connectivity index (χ4n) is 1.82. The quantitative estimate of drug-likeness (QED) is 0.216. The van der Waals surface area contributed by atoms with Gasteiger partial charge in [-0.05, 0) is 27.7 Å². The molecule has 0 aromatic carbocycles. The maximum absolute atomic E-state index is 12.3. The number of carboxylic acids is 1. The first-order valence-corrected chi connectivity index (χ1v) is 8.43. The van der Waals surface area contributed by atoms with Crippen LogP contribution in [0.5, 0.6) is 0 Å². The summed E-state index contributed by atoms with van der Waals surface area (Å²) in [6, 6.07) is -4.96. The Bertz CT molecular complexity index is 631. The first-order chi connectivity index (χ1) is 13.2. The van der Waals surface area contributed by atoms with Gasteiger partial charge in [0.05, 0.1) is 13.7 Å². The van der Waals surface area contributed by atoms with E-state index in [0.717, 1.165) is 7.11 Å². The average molecular weight is 421 g/mol. The van der Waals surface area contributed by atoms with Gasteiger partial charge in [-0.25, -0.2) is 14.4 Å². The van der Waals surface area contributed by atoms with E-state index in [1.165, 1.54) is 6.92 Å². The van der Waals surface area contributed by atoms with Gasteiger partial charge in [0.15, 0.2) is 6.10 Å². The highest BCUT2D eigenvalue weighted by atomic mass is 16.6. The van der Waals surface area contributed by atoms with Gasteiger partial charge >= 0.3 is 18.0 Å². The standard InChI is InChI=1S/C16H27N3O10/c1-7(17-15(27)29-16(2,3)4)11(22)19-9(10(21)14(26)28-5)12(23)18-8(6-20)13(24)25/h7-10,20-21H,6H2,1-5H3,(H,17,27)(H,18,23)(H,19,22)(H,24,25)/t7-,8+,9+,10+/m1/s1. The second-order valence-electron chi connectivity index (χ2n) is 6.90. The van der Waals surface area contributed by atoms with Gasteiger partial charge in [-0.2, -0.15) is 0 Å². The second kappa shape index (κ2) is 11.2. The number of aliphatic hydroxyl groups is 2. The number of carbonyl (C=O) groups excluding carboxylic acids is 4. The highest BCUT2D eigenvalue weighted by Crippen LogP contribution is 2.07. The van der Waals surface area contributed by atoms with E-state index in [1.807, 2.05) is 10.6 Å². The molecule has 0 aliphatic carbocycles. The molecule has 0 fully saturated rings. The van der Waals surface area contributed by atoms with Crippen molar-refractivity contribution < 1.29 is 48.8 Å². The highest BCUT2D eigenvalue weighted by molar-refractivity contribution is 5.96. The third-order valence-electron chi connectivity index (χ3n) is 3.26. The number of hydrogen-bond acceptors (Lipinski definition) is 9. The lowest BCUT2D eigenvalue weighted by Gasteiger charge is -2.25. The minimum absolute atomic E-state index is 0.833. The fourth-order valence-corrected chi connectivity index (χ4v) is 1.82. The molecule has 166 valence electrons. The van der Waals surface area contributed by atoms with Crippen molar-refractivity contribution in [3.63, 3.8) is 0 Å². The van der Waals surface area contributed by atoms with Gasteiger partial charge in [-0.1, -0.05) is 0 Å². The normalized spacial score (nSPS) is 15.1. The van der Waals surface area contributed by atoms with E-state index in [4.69, 9.17) is 14.9 Å². The number of carboxylic acid groups (broad SMARTS) is 1. The molecule has 13 heteroatoms. The van der Waals surface area contributed by atoms with Crippen LogP contribution < -0.4 is 16.0 Å². The number of aliphatic hydroxyl groups excluding tert-OH is 2. The minimum atomic E-state index is -2.19. The van der Waals surface area contributed by atoms with E-state index in [9.17, 15) is 29.1 Å². The molecule has 0 unspecified atom stereocenters. The first kappa shape index (κ1) is 26.1. The lowest BCUT2D eigenvalue weighted by Crippen LogP contribution is -2.61. The van der Waals surface area contributed by atoms with E-state index in [2.05, 4.69) is 10.1 Å². The topological polar surface area (TPSA) is 201 Å². The van der Waals surface area contributed by atoms with E-state index in [0.29, 0.717) is 0 Å². The van der Waals surface area contributed by atoms with Crippen molar-refractivity contribution in [3.05, 3.63) is 0 Å². The summed E-state index contributed by atoms with van der Waals surface area (Å²) in [5.41, 5.74) is -0.833. The summed E-state index contributed by atoms with van der Waals surface area (Å²) < 4.78 is 9.29. The monoisotopic (exact) mass is 421 g/mol. The van der Waals surface area contributed by atoms with Crippen molar-refractivity contribution in [3.8, 4) is 0 Å². The lowest BCUT2D eigenvalue weighted by atomic mass is 10.1. The van der Waals surface area contributed by atoms with Crippen molar-refractivity contribution in [2.75, 3.05) is 13.7 Å². The van der Waals surface area contributed by atoms with Crippen LogP contribution in [0.3, 0.4) is 0 Å². The van der Waals surface area contributed by atoms with E-state index >= 15 is 0 Å². The Morgan fingerprint density at radius 3 is 1.97 bits per heavy atom. The van der Waals surface area contributed by atoms with Gasteiger partial charge in [0.1, 0.15) is 23.7 Å². The smallest absolute Gasteiger partial charge is 0.408 e. The van der Waals surface area contributed by atoms with Gasteiger partial charge < -0.3 is 40.7 Å². The van der Waals surface area contributed by atoms with E-state index in [-0.39, 0.29) is 0 Å².